The SMILES string of the molecule is Cn1c(C(=O)O)ccc1-c1ccc([N+](=O)[O-])cc1Br. The molecule has 19 heavy (non-hydrogen) atoms. The van der Waals surface area contributed by atoms with Crippen LogP contribution in [-0.2, 0) is 7.05 Å². The zero-order valence-corrected chi connectivity index (χ0v) is 11.4. The number of benzene rings is 1. The monoisotopic (exact) mass is 324 g/mol. The first-order chi connectivity index (χ1) is 8.91. The summed E-state index contributed by atoms with van der Waals surface area (Å²) in [5.74, 6) is -1.02. The summed E-state index contributed by atoms with van der Waals surface area (Å²) in [6.45, 7) is 0. The molecule has 0 bridgehead atoms. The number of aromatic carboxylic acids is 1. The van der Waals surface area contributed by atoms with Crippen LogP contribution in [0.4, 0.5) is 5.69 Å². The van der Waals surface area contributed by atoms with Crippen molar-refractivity contribution in [1.82, 2.24) is 4.57 Å². The summed E-state index contributed by atoms with van der Waals surface area (Å²) >= 11 is 3.27. The molecule has 0 saturated carbocycles. The molecule has 0 saturated heterocycles. The molecule has 98 valence electrons. The first-order valence-electron chi connectivity index (χ1n) is 5.25. The molecular formula is C12H9BrN2O4. The van der Waals surface area contributed by atoms with E-state index in [0.717, 1.165) is 0 Å². The molecule has 0 radical (unpaired) electrons. The number of carboxylic acid groups (broad SMARTS) is 1. The minimum absolute atomic E-state index is 0.0247. The largest absolute Gasteiger partial charge is 0.477 e. The van der Waals surface area contributed by atoms with Gasteiger partial charge in [0.25, 0.3) is 5.69 Å². The van der Waals surface area contributed by atoms with E-state index in [1.807, 2.05) is 0 Å². The molecule has 1 heterocycles. The van der Waals surface area contributed by atoms with Crippen LogP contribution < -0.4 is 0 Å². The third-order valence-corrected chi connectivity index (χ3v) is 3.44. The maximum absolute atomic E-state index is 11.0. The summed E-state index contributed by atoms with van der Waals surface area (Å²) in [5, 5.41) is 19.7. The van der Waals surface area contributed by atoms with Gasteiger partial charge in [-0.15, -0.1) is 0 Å². The Morgan fingerprint density at radius 1 is 1.37 bits per heavy atom. The van der Waals surface area contributed by atoms with Crippen LogP contribution in [-0.4, -0.2) is 20.6 Å². The van der Waals surface area contributed by atoms with Crippen LogP contribution in [0, 0.1) is 10.1 Å². The lowest BCUT2D eigenvalue weighted by Gasteiger charge is -2.07. The van der Waals surface area contributed by atoms with Crippen LogP contribution in [0.1, 0.15) is 10.5 Å². The van der Waals surface area contributed by atoms with Gasteiger partial charge in [0.05, 0.1) is 4.92 Å². The van der Waals surface area contributed by atoms with Gasteiger partial charge >= 0.3 is 5.97 Å². The molecule has 0 spiro atoms. The van der Waals surface area contributed by atoms with Gasteiger partial charge in [-0.1, -0.05) is 0 Å². The van der Waals surface area contributed by atoms with E-state index in [1.54, 1.807) is 19.2 Å². The van der Waals surface area contributed by atoms with Gasteiger partial charge in [0, 0.05) is 34.9 Å². The molecule has 0 aliphatic rings. The summed E-state index contributed by atoms with van der Waals surface area (Å²) in [7, 11) is 1.63. The highest BCUT2D eigenvalue weighted by Gasteiger charge is 2.16. The van der Waals surface area contributed by atoms with Crippen LogP contribution >= 0.6 is 15.9 Å². The summed E-state index contributed by atoms with van der Waals surface area (Å²) in [6.07, 6.45) is 0. The Labute approximate surface area is 116 Å². The fourth-order valence-corrected chi connectivity index (χ4v) is 2.39. The maximum atomic E-state index is 11.0. The van der Waals surface area contributed by atoms with Gasteiger partial charge in [-0.3, -0.25) is 10.1 Å². The maximum Gasteiger partial charge on any atom is 0.352 e. The van der Waals surface area contributed by atoms with Gasteiger partial charge in [0.2, 0.25) is 0 Å². The van der Waals surface area contributed by atoms with Gasteiger partial charge in [-0.25, -0.2) is 4.79 Å². The molecule has 0 amide bonds. The predicted molar refractivity (Wildman–Crippen MR) is 72.2 cm³/mol. The minimum atomic E-state index is -1.02. The first kappa shape index (κ1) is 13.3. The Kier molecular flexibility index (Phi) is 3.39. The average molecular weight is 325 g/mol. The van der Waals surface area contributed by atoms with Crippen molar-refractivity contribution in [3.8, 4) is 11.3 Å². The Bertz CT molecular complexity index is 678. The molecule has 7 heteroatoms. The zero-order valence-electron chi connectivity index (χ0n) is 9.83. The van der Waals surface area contributed by atoms with Crippen LogP contribution in [0.15, 0.2) is 34.8 Å². The van der Waals surface area contributed by atoms with E-state index in [2.05, 4.69) is 15.9 Å². The molecule has 2 rings (SSSR count). The van der Waals surface area contributed by atoms with Gasteiger partial charge in [-0.05, 0) is 34.1 Å². The van der Waals surface area contributed by atoms with Gasteiger partial charge in [-0.2, -0.15) is 0 Å². The number of nitrogens with zero attached hydrogens (tertiary/aromatic N) is 2. The van der Waals surface area contributed by atoms with Gasteiger partial charge in [0.1, 0.15) is 5.69 Å². The molecular weight excluding hydrogens is 316 g/mol. The lowest BCUT2D eigenvalue weighted by Crippen LogP contribution is -2.05. The molecule has 6 nitrogen and oxygen atoms in total. The average Bonchev–Trinajstić information content (AvgIpc) is 2.71. The van der Waals surface area contributed by atoms with E-state index in [0.29, 0.717) is 15.7 Å². The predicted octanol–water partition coefficient (Wildman–Crippen LogP) is 3.06. The van der Waals surface area contributed by atoms with Gasteiger partial charge < -0.3 is 9.67 Å². The van der Waals surface area contributed by atoms with E-state index in [-0.39, 0.29) is 11.4 Å². The number of non-ortho nitro benzene ring substituents is 1. The Hall–Kier alpha value is -2.15. The van der Waals surface area contributed by atoms with E-state index in [9.17, 15) is 14.9 Å². The summed E-state index contributed by atoms with van der Waals surface area (Å²) in [5.41, 5.74) is 1.49. The van der Waals surface area contributed by atoms with Crippen LogP contribution in [0.5, 0.6) is 0 Å². The smallest absolute Gasteiger partial charge is 0.352 e. The highest BCUT2D eigenvalue weighted by atomic mass is 79.9. The Balaban J connectivity index is 2.54. The third-order valence-electron chi connectivity index (χ3n) is 2.78. The normalized spacial score (nSPS) is 10.4. The zero-order chi connectivity index (χ0) is 14.2. The van der Waals surface area contributed by atoms with Crippen molar-refractivity contribution in [1.29, 1.82) is 0 Å². The number of halogens is 1. The molecule has 2 aromatic rings. The third kappa shape index (κ3) is 2.37. The number of carbonyl (C=O) groups is 1. The number of nitro benzene ring substituents is 1. The second-order valence-corrected chi connectivity index (χ2v) is 4.74. The molecule has 1 N–H and O–H groups in total. The number of rotatable bonds is 3. The van der Waals surface area contributed by atoms with Crippen molar-refractivity contribution in [2.24, 2.45) is 7.05 Å². The van der Waals surface area contributed by atoms with Crippen molar-refractivity contribution in [3.05, 3.63) is 50.6 Å². The fourth-order valence-electron chi connectivity index (χ4n) is 1.82. The summed E-state index contributed by atoms with van der Waals surface area (Å²) in [6, 6.07) is 7.51. The number of nitro groups is 1. The number of aromatic nitrogens is 1. The van der Waals surface area contributed by atoms with Crippen molar-refractivity contribution in [2.45, 2.75) is 0 Å². The molecule has 0 aliphatic carbocycles. The standard InChI is InChI=1S/C12H9BrN2O4/c1-14-10(4-5-11(14)12(16)17)8-3-2-7(15(18)19)6-9(8)13/h2-6H,1H3,(H,16,17). The number of hydrogen-bond acceptors (Lipinski definition) is 3. The highest BCUT2D eigenvalue weighted by molar-refractivity contribution is 9.10. The first-order valence-corrected chi connectivity index (χ1v) is 6.04. The van der Waals surface area contributed by atoms with Crippen LogP contribution in [0.2, 0.25) is 0 Å². The summed E-state index contributed by atoms with van der Waals surface area (Å²) in [4.78, 5) is 21.2. The van der Waals surface area contributed by atoms with E-state index >= 15 is 0 Å². The highest BCUT2D eigenvalue weighted by Crippen LogP contribution is 2.32. The fraction of sp³-hybridized carbons (Fsp3) is 0.0833. The summed E-state index contributed by atoms with van der Waals surface area (Å²) < 4.78 is 2.06. The van der Waals surface area contributed by atoms with E-state index < -0.39 is 10.9 Å². The second-order valence-electron chi connectivity index (χ2n) is 3.89. The van der Waals surface area contributed by atoms with E-state index in [1.165, 1.54) is 22.8 Å². The number of hydrogen-bond donors (Lipinski definition) is 1. The molecule has 0 aliphatic heterocycles. The minimum Gasteiger partial charge on any atom is -0.477 e. The quantitative estimate of drug-likeness (QED) is 0.694. The molecule has 0 fully saturated rings. The van der Waals surface area contributed by atoms with E-state index in [4.69, 9.17) is 5.11 Å². The Morgan fingerprint density at radius 3 is 2.53 bits per heavy atom. The van der Waals surface area contributed by atoms with Crippen molar-refractivity contribution in [2.75, 3.05) is 0 Å². The lowest BCUT2D eigenvalue weighted by molar-refractivity contribution is -0.384. The molecule has 0 unspecified atom stereocenters. The van der Waals surface area contributed by atoms with Crippen LogP contribution in [0.3, 0.4) is 0 Å². The second kappa shape index (κ2) is 4.85. The lowest BCUT2D eigenvalue weighted by atomic mass is 10.1. The molecule has 1 aromatic carbocycles. The van der Waals surface area contributed by atoms with Gasteiger partial charge in [0.15, 0.2) is 0 Å². The Morgan fingerprint density at radius 2 is 2.05 bits per heavy atom. The van der Waals surface area contributed by atoms with Crippen molar-refractivity contribution in [3.63, 3.8) is 0 Å². The number of carboxylic acids is 1. The van der Waals surface area contributed by atoms with Crippen molar-refractivity contribution >= 4 is 27.6 Å². The molecule has 0 atom stereocenters. The van der Waals surface area contributed by atoms with Crippen LogP contribution in [0.25, 0.3) is 11.3 Å². The topological polar surface area (TPSA) is 85.4 Å². The van der Waals surface area contributed by atoms with Crippen molar-refractivity contribution < 1.29 is 14.8 Å². The molecule has 1 aromatic heterocycles.